The van der Waals surface area contributed by atoms with Crippen molar-refractivity contribution < 1.29 is 9.05 Å². The highest BCUT2D eigenvalue weighted by atomic mass is 32.9. The Hall–Kier alpha value is 0.920. The first kappa shape index (κ1) is 19.9. The summed E-state index contributed by atoms with van der Waals surface area (Å²) >= 11 is 7.46. The first-order valence-electron chi connectivity index (χ1n) is 7.58. The van der Waals surface area contributed by atoms with E-state index in [1.807, 2.05) is 0 Å². The number of hydrogen-bond acceptors (Lipinski definition) is 4. The smallest absolute Gasteiger partial charge is 0.247 e. The van der Waals surface area contributed by atoms with Crippen LogP contribution in [0, 0.1) is 0 Å². The van der Waals surface area contributed by atoms with Crippen LogP contribution in [-0.2, 0) is 20.9 Å². The molecule has 0 aliphatic heterocycles. The molecule has 19 heavy (non-hydrogen) atoms. The minimum Gasteiger partial charge on any atom is -0.319 e. The van der Waals surface area contributed by atoms with Crippen LogP contribution >= 0.6 is 17.1 Å². The maximum absolute atomic E-state index is 6.11. The number of rotatable bonds is 12. The molecule has 0 aliphatic rings. The fraction of sp³-hybridized carbons (Fsp3) is 1.00. The molecule has 2 unspecified atom stereocenters. The second kappa shape index (κ2) is 11.6. The van der Waals surface area contributed by atoms with Gasteiger partial charge < -0.3 is 9.05 Å². The van der Waals surface area contributed by atoms with Crippen LogP contribution in [0.1, 0.15) is 73.1 Å². The van der Waals surface area contributed by atoms with Gasteiger partial charge in [-0.1, -0.05) is 51.4 Å². The highest BCUT2D eigenvalue weighted by Gasteiger charge is 2.25. The Morgan fingerprint density at radius 1 is 0.947 bits per heavy atom. The van der Waals surface area contributed by atoms with Crippen LogP contribution in [0.15, 0.2) is 0 Å². The maximum atomic E-state index is 6.11. The molecule has 0 spiro atoms. The van der Waals surface area contributed by atoms with E-state index >= 15 is 0 Å². The Morgan fingerprint density at radius 2 is 1.42 bits per heavy atom. The van der Waals surface area contributed by atoms with Crippen LogP contribution in [0.25, 0.3) is 0 Å². The lowest BCUT2D eigenvalue weighted by molar-refractivity contribution is 0.157. The summed E-state index contributed by atoms with van der Waals surface area (Å²) in [6.45, 7) is 10.8. The molecule has 2 atom stereocenters. The van der Waals surface area contributed by atoms with Gasteiger partial charge in [0.25, 0.3) is 0 Å². The Kier molecular flexibility index (Phi) is 12.1. The van der Waals surface area contributed by atoms with Gasteiger partial charge in [0.2, 0.25) is 5.69 Å². The van der Waals surface area contributed by atoms with Crippen molar-refractivity contribution in [2.45, 2.75) is 85.4 Å². The van der Waals surface area contributed by atoms with Crippen molar-refractivity contribution in [3.05, 3.63) is 0 Å². The van der Waals surface area contributed by atoms with E-state index in [9.17, 15) is 0 Å². The van der Waals surface area contributed by atoms with Gasteiger partial charge in [0.1, 0.15) is 0 Å². The molecule has 116 valence electrons. The molecule has 0 aliphatic carbocycles. The Bertz CT molecular complexity index is 244. The zero-order valence-electron chi connectivity index (χ0n) is 13.2. The molecule has 2 nitrogen and oxygen atoms in total. The molecule has 0 amide bonds. The Labute approximate surface area is 129 Å². The standard InChI is InChI=1S/C14H31O2PS2/c1-6-9-12-19-17(18,15-13(4)10-7-2)16-14(5)11-8-3/h13-14H,6-12H2,1-5H3. The van der Waals surface area contributed by atoms with E-state index in [1.165, 1.54) is 12.8 Å². The highest BCUT2D eigenvalue weighted by molar-refractivity contribution is 8.67. The molecular formula is C14H31O2PS2. The van der Waals surface area contributed by atoms with Crippen molar-refractivity contribution in [1.29, 1.82) is 0 Å². The summed E-state index contributed by atoms with van der Waals surface area (Å²) in [5, 5.41) is 0. The zero-order valence-corrected chi connectivity index (χ0v) is 15.7. The molecule has 0 aromatic carbocycles. The van der Waals surface area contributed by atoms with Crippen molar-refractivity contribution in [1.82, 2.24) is 0 Å². The molecule has 0 bridgehead atoms. The van der Waals surface area contributed by atoms with Gasteiger partial charge in [-0.3, -0.25) is 0 Å². The second-order valence-electron chi connectivity index (χ2n) is 5.04. The van der Waals surface area contributed by atoms with Crippen molar-refractivity contribution in [3.63, 3.8) is 0 Å². The summed E-state index contributed by atoms with van der Waals surface area (Å²) in [4.78, 5) is 0. The summed E-state index contributed by atoms with van der Waals surface area (Å²) in [6, 6.07) is 0. The zero-order chi connectivity index (χ0) is 14.7. The molecule has 0 heterocycles. The van der Waals surface area contributed by atoms with E-state index in [2.05, 4.69) is 34.6 Å². The summed E-state index contributed by atoms with van der Waals surface area (Å²) in [7, 11) is 0. The maximum Gasteiger partial charge on any atom is 0.247 e. The SMILES string of the molecule is CCCCSP(=S)(OC(C)CCC)OC(C)CCC. The van der Waals surface area contributed by atoms with E-state index in [1.54, 1.807) is 11.4 Å². The lowest BCUT2D eigenvalue weighted by Crippen LogP contribution is -2.11. The lowest BCUT2D eigenvalue weighted by Gasteiger charge is -2.28. The first-order valence-corrected chi connectivity index (χ1v) is 11.8. The third kappa shape index (κ3) is 10.3. The minimum atomic E-state index is -2.17. The van der Waals surface area contributed by atoms with Crippen molar-refractivity contribution in [3.8, 4) is 0 Å². The van der Waals surface area contributed by atoms with Crippen LogP contribution in [0.5, 0.6) is 0 Å². The van der Waals surface area contributed by atoms with Gasteiger partial charge in [0, 0.05) is 5.75 Å². The van der Waals surface area contributed by atoms with Crippen LogP contribution in [-0.4, -0.2) is 18.0 Å². The largest absolute Gasteiger partial charge is 0.319 e. The van der Waals surface area contributed by atoms with Crippen LogP contribution in [0.2, 0.25) is 0 Å². The van der Waals surface area contributed by atoms with Crippen LogP contribution in [0.4, 0.5) is 0 Å². The molecule has 0 N–H and O–H groups in total. The fourth-order valence-electron chi connectivity index (χ4n) is 1.77. The van der Waals surface area contributed by atoms with E-state index in [-0.39, 0.29) is 12.2 Å². The van der Waals surface area contributed by atoms with Gasteiger partial charge in [0.05, 0.1) is 12.2 Å². The Balaban J connectivity index is 4.47. The monoisotopic (exact) mass is 326 g/mol. The number of unbranched alkanes of at least 4 members (excludes halogenated alkanes) is 1. The molecule has 0 fully saturated rings. The first-order chi connectivity index (χ1) is 8.97. The molecular weight excluding hydrogens is 295 g/mol. The van der Waals surface area contributed by atoms with Gasteiger partial charge in [-0.25, -0.2) is 0 Å². The average molecular weight is 327 g/mol. The van der Waals surface area contributed by atoms with E-state index in [4.69, 9.17) is 20.9 Å². The van der Waals surface area contributed by atoms with Crippen LogP contribution < -0.4 is 0 Å². The Morgan fingerprint density at radius 3 is 1.79 bits per heavy atom. The van der Waals surface area contributed by atoms with Gasteiger partial charge in [-0.15, -0.1) is 0 Å². The van der Waals surface area contributed by atoms with Crippen molar-refractivity contribution >= 4 is 28.9 Å². The molecule has 0 aromatic rings. The van der Waals surface area contributed by atoms with E-state index in [0.29, 0.717) is 0 Å². The molecule has 5 heteroatoms. The van der Waals surface area contributed by atoms with Gasteiger partial charge in [0.15, 0.2) is 0 Å². The lowest BCUT2D eigenvalue weighted by atomic mass is 10.2. The fourth-order valence-corrected chi connectivity index (χ4v) is 7.53. The van der Waals surface area contributed by atoms with Crippen molar-refractivity contribution in [2.24, 2.45) is 0 Å². The third-order valence-electron chi connectivity index (χ3n) is 2.76. The highest BCUT2D eigenvalue weighted by Crippen LogP contribution is 2.63. The predicted molar refractivity (Wildman–Crippen MR) is 92.6 cm³/mol. The van der Waals surface area contributed by atoms with Crippen molar-refractivity contribution in [2.75, 3.05) is 5.75 Å². The molecule has 0 saturated heterocycles. The quantitative estimate of drug-likeness (QED) is 0.316. The molecule has 0 rings (SSSR count). The third-order valence-corrected chi connectivity index (χ3v) is 8.26. The van der Waals surface area contributed by atoms with Gasteiger partial charge in [-0.05, 0) is 44.9 Å². The van der Waals surface area contributed by atoms with Crippen LogP contribution in [0.3, 0.4) is 0 Å². The van der Waals surface area contributed by atoms with Gasteiger partial charge in [-0.2, -0.15) is 0 Å². The average Bonchev–Trinajstić information content (AvgIpc) is 2.29. The predicted octanol–water partition coefficient (Wildman–Crippen LogP) is 6.15. The van der Waals surface area contributed by atoms with Gasteiger partial charge >= 0.3 is 0 Å². The molecule has 0 radical (unpaired) electrons. The normalized spacial score (nSPS) is 17.9. The topological polar surface area (TPSA) is 18.5 Å². The summed E-state index contributed by atoms with van der Waals surface area (Å²) in [5.74, 6) is 1.05. The number of hydrogen-bond donors (Lipinski definition) is 0. The summed E-state index contributed by atoms with van der Waals surface area (Å²) in [6.07, 6.45) is 7.15. The molecule has 0 saturated carbocycles. The minimum absolute atomic E-state index is 0.207. The van der Waals surface area contributed by atoms with E-state index < -0.39 is 5.69 Å². The summed E-state index contributed by atoms with van der Waals surface area (Å²) in [5.41, 5.74) is -2.17. The summed E-state index contributed by atoms with van der Waals surface area (Å²) < 4.78 is 12.2. The second-order valence-corrected chi connectivity index (χ2v) is 11.4. The molecule has 0 aromatic heterocycles. The van der Waals surface area contributed by atoms with E-state index in [0.717, 1.165) is 31.4 Å².